The van der Waals surface area contributed by atoms with Crippen LogP contribution >= 0.6 is 0 Å². The summed E-state index contributed by atoms with van der Waals surface area (Å²) in [6.07, 6.45) is -3.28. The zero-order chi connectivity index (χ0) is 39.1. The van der Waals surface area contributed by atoms with Crippen LogP contribution in [0.15, 0.2) is 41.6 Å². The van der Waals surface area contributed by atoms with E-state index in [1.54, 1.807) is 67.5 Å². The average Bonchev–Trinajstić information content (AvgIpc) is 3.44. The van der Waals surface area contributed by atoms with E-state index >= 15 is 0 Å². The molecular formula is C35H40F3N7O7S. The molecule has 1 atom stereocenters. The molecule has 2 aliphatic rings. The van der Waals surface area contributed by atoms with E-state index in [1.807, 2.05) is 0 Å². The number of carbonyl (C=O) groups excluding carboxylic acids is 1. The van der Waals surface area contributed by atoms with E-state index in [9.17, 15) is 36.3 Å². The number of carboxylic acid groups (broad SMARTS) is 1. The third kappa shape index (κ3) is 6.89. The molecule has 2 aliphatic heterocycles. The summed E-state index contributed by atoms with van der Waals surface area (Å²) in [7, 11) is -4.27. The number of rotatable bonds is 6. The Labute approximate surface area is 304 Å². The summed E-state index contributed by atoms with van der Waals surface area (Å²) in [4.78, 5) is 35.8. The van der Waals surface area contributed by atoms with Gasteiger partial charge in [-0.1, -0.05) is 6.07 Å². The molecule has 1 spiro atoms. The maximum atomic E-state index is 14.3. The molecule has 53 heavy (non-hydrogen) atoms. The highest BCUT2D eigenvalue weighted by molar-refractivity contribution is 7.89. The number of nitrogens with zero attached hydrogens (tertiary/aromatic N) is 7. The highest BCUT2D eigenvalue weighted by Gasteiger charge is 2.54. The first kappa shape index (κ1) is 37.9. The van der Waals surface area contributed by atoms with E-state index in [0.29, 0.717) is 33.6 Å². The van der Waals surface area contributed by atoms with Crippen LogP contribution in [0.5, 0.6) is 5.88 Å². The van der Waals surface area contributed by atoms with Crippen LogP contribution in [0.4, 0.5) is 18.0 Å². The van der Waals surface area contributed by atoms with Gasteiger partial charge in [0, 0.05) is 24.0 Å². The first-order chi connectivity index (χ1) is 24.4. The Morgan fingerprint density at radius 1 is 1.04 bits per heavy atom. The van der Waals surface area contributed by atoms with Gasteiger partial charge in [0.1, 0.15) is 10.5 Å². The van der Waals surface area contributed by atoms with E-state index < -0.39 is 56.6 Å². The van der Waals surface area contributed by atoms with Crippen molar-refractivity contribution < 1.29 is 45.8 Å². The molecule has 6 heterocycles. The number of alkyl halides is 3. The number of sulfonamides is 1. The number of hydrogen-bond acceptors (Lipinski definition) is 10. The number of esters is 1. The Morgan fingerprint density at radius 2 is 1.72 bits per heavy atom. The second kappa shape index (κ2) is 12.6. The number of aromatic nitrogens is 5. The molecule has 1 fully saturated rings. The molecule has 1 saturated heterocycles. The Hall–Kier alpha value is -4.84. The Bertz CT molecular complexity index is 2240. The number of pyridine rings is 3. The van der Waals surface area contributed by atoms with Gasteiger partial charge in [-0.2, -0.15) is 17.5 Å². The van der Waals surface area contributed by atoms with Crippen LogP contribution in [0.3, 0.4) is 0 Å². The van der Waals surface area contributed by atoms with Crippen molar-refractivity contribution in [1.82, 2.24) is 33.8 Å². The van der Waals surface area contributed by atoms with Gasteiger partial charge in [-0.25, -0.2) is 18.2 Å². The lowest BCUT2D eigenvalue weighted by molar-refractivity contribution is -0.166. The molecule has 18 heteroatoms. The summed E-state index contributed by atoms with van der Waals surface area (Å²) in [5, 5.41) is 16.8. The summed E-state index contributed by atoms with van der Waals surface area (Å²) >= 11 is 0. The Kier molecular flexibility index (Phi) is 9.04. The molecule has 14 nitrogen and oxygen atoms in total. The smallest absolute Gasteiger partial charge is 0.452 e. The van der Waals surface area contributed by atoms with Crippen molar-refractivity contribution in [2.45, 2.75) is 90.1 Å². The molecular weight excluding hydrogens is 719 g/mol. The van der Waals surface area contributed by atoms with Gasteiger partial charge in [0.25, 0.3) is 0 Å². The standard InChI is InChI=1S/C35H40F3N7O7S/c1-19-13-25-28(39-14-19)51-34(16-43(17-34)31(47)48)18-44(53(25,49)50)15-24-20(2)9-10-23(40-24)26(33(7,8)30(46)52-32(4,5)6)22-11-12-45-27(21(22)3)41-42-29(45)35(36,37)38/h9-14,26H,15-18H2,1-8H3,(H,47,48). The van der Waals surface area contributed by atoms with E-state index in [-0.39, 0.29) is 42.6 Å². The molecule has 284 valence electrons. The molecule has 1 unspecified atom stereocenters. The summed E-state index contributed by atoms with van der Waals surface area (Å²) in [6.45, 7) is 12.8. The minimum atomic E-state index is -4.77. The number of halogens is 3. The van der Waals surface area contributed by atoms with Gasteiger partial charge in [0.15, 0.2) is 11.2 Å². The average molecular weight is 760 g/mol. The predicted octanol–water partition coefficient (Wildman–Crippen LogP) is 5.28. The fourth-order valence-electron chi connectivity index (χ4n) is 6.79. The first-order valence-corrected chi connectivity index (χ1v) is 18.1. The van der Waals surface area contributed by atoms with Crippen molar-refractivity contribution in [3.05, 3.63) is 76.1 Å². The number of fused-ring (bicyclic) bond motifs is 2. The number of likely N-dealkylation sites (tertiary alicyclic amines) is 1. The van der Waals surface area contributed by atoms with Crippen LogP contribution in [0.25, 0.3) is 5.65 Å². The third-order valence-electron chi connectivity index (χ3n) is 9.50. The molecule has 0 aliphatic carbocycles. The summed E-state index contributed by atoms with van der Waals surface area (Å²) < 4.78 is 83.9. The lowest BCUT2D eigenvalue weighted by atomic mass is 9.71. The Balaban J connectivity index is 1.48. The number of amides is 1. The van der Waals surface area contributed by atoms with Gasteiger partial charge in [-0.15, -0.1) is 10.2 Å². The van der Waals surface area contributed by atoms with Crippen molar-refractivity contribution in [3.8, 4) is 5.88 Å². The van der Waals surface area contributed by atoms with E-state index in [0.717, 1.165) is 9.30 Å². The van der Waals surface area contributed by atoms with Crippen LogP contribution in [0, 0.1) is 26.2 Å². The van der Waals surface area contributed by atoms with Crippen molar-refractivity contribution >= 4 is 27.7 Å². The molecule has 1 N–H and O–H groups in total. The summed E-state index contributed by atoms with van der Waals surface area (Å²) in [6, 6.07) is 6.33. The van der Waals surface area contributed by atoms with Crippen molar-refractivity contribution in [1.29, 1.82) is 0 Å². The molecule has 0 bridgehead atoms. The van der Waals surface area contributed by atoms with Gasteiger partial charge < -0.3 is 19.5 Å². The van der Waals surface area contributed by atoms with Crippen LogP contribution < -0.4 is 4.74 Å². The van der Waals surface area contributed by atoms with Gasteiger partial charge in [0.05, 0.1) is 37.3 Å². The normalized spacial score (nSPS) is 17.8. The maximum absolute atomic E-state index is 14.3. The first-order valence-electron chi connectivity index (χ1n) is 16.7. The lowest BCUT2D eigenvalue weighted by Crippen LogP contribution is -2.70. The van der Waals surface area contributed by atoms with Gasteiger partial charge in [0.2, 0.25) is 21.7 Å². The predicted molar refractivity (Wildman–Crippen MR) is 183 cm³/mol. The van der Waals surface area contributed by atoms with Crippen LogP contribution in [-0.4, -0.2) is 90.2 Å². The number of aryl methyl sites for hydroxylation is 3. The quantitative estimate of drug-likeness (QED) is 0.254. The van der Waals surface area contributed by atoms with Gasteiger partial charge in [-0.3, -0.25) is 14.2 Å². The largest absolute Gasteiger partial charge is 0.465 e. The fraction of sp³-hybridized carbons (Fsp3) is 0.486. The molecule has 0 radical (unpaired) electrons. The molecule has 4 aromatic rings. The molecule has 0 aromatic carbocycles. The molecule has 0 saturated carbocycles. The van der Waals surface area contributed by atoms with Crippen molar-refractivity contribution in [2.24, 2.45) is 5.41 Å². The minimum absolute atomic E-state index is 0.0634. The van der Waals surface area contributed by atoms with Crippen LogP contribution in [-0.2, 0) is 32.3 Å². The molecule has 1 amide bonds. The second-order valence-corrected chi connectivity index (χ2v) is 17.2. The van der Waals surface area contributed by atoms with Gasteiger partial charge in [-0.05, 0) is 95.8 Å². The fourth-order valence-corrected chi connectivity index (χ4v) is 8.41. The summed E-state index contributed by atoms with van der Waals surface area (Å²) in [5.41, 5.74) is -0.946. The number of ether oxygens (including phenoxy) is 2. The summed E-state index contributed by atoms with van der Waals surface area (Å²) in [5.74, 6) is -2.86. The topological polar surface area (TPSA) is 169 Å². The molecule has 6 rings (SSSR count). The highest BCUT2D eigenvalue weighted by atomic mass is 32.2. The SMILES string of the molecule is Cc1cnc2c(c1)S(=O)(=O)N(Cc1nc(C(c3ccn4c(C(F)(F)F)nnc4c3C)C(C)(C)C(=O)OC(C)(C)C)ccc1C)CC1(CN(C(=O)O)C1)O2. The van der Waals surface area contributed by atoms with Crippen molar-refractivity contribution in [3.63, 3.8) is 0 Å². The number of hydrogen-bond donors (Lipinski definition) is 1. The minimum Gasteiger partial charge on any atom is -0.465 e. The second-order valence-electron chi connectivity index (χ2n) is 15.3. The van der Waals surface area contributed by atoms with Crippen molar-refractivity contribution in [2.75, 3.05) is 19.6 Å². The Morgan fingerprint density at radius 3 is 2.34 bits per heavy atom. The van der Waals surface area contributed by atoms with E-state index in [2.05, 4.69) is 15.2 Å². The zero-order valence-electron chi connectivity index (χ0n) is 30.4. The monoisotopic (exact) mass is 759 g/mol. The molecule has 4 aromatic heterocycles. The van der Waals surface area contributed by atoms with Crippen LogP contribution in [0.2, 0.25) is 0 Å². The zero-order valence-corrected chi connectivity index (χ0v) is 31.3. The number of carbonyl (C=O) groups is 2. The van der Waals surface area contributed by atoms with Crippen LogP contribution in [0.1, 0.15) is 80.0 Å². The van der Waals surface area contributed by atoms with E-state index in [4.69, 9.17) is 14.5 Å². The third-order valence-corrected chi connectivity index (χ3v) is 11.3. The van der Waals surface area contributed by atoms with Gasteiger partial charge >= 0.3 is 18.2 Å². The highest BCUT2D eigenvalue weighted by Crippen LogP contribution is 2.45. The van der Waals surface area contributed by atoms with E-state index in [1.165, 1.54) is 28.8 Å². The lowest BCUT2D eigenvalue weighted by Gasteiger charge is -2.48. The maximum Gasteiger partial charge on any atom is 0.452 e.